The van der Waals surface area contributed by atoms with Crippen LogP contribution in [0.3, 0.4) is 0 Å². The van der Waals surface area contributed by atoms with E-state index in [9.17, 15) is 8.42 Å². The maximum Gasteiger partial charge on any atom is 0.240 e. The Bertz CT molecular complexity index is 666. The Morgan fingerprint density at radius 3 is 3.04 bits per heavy atom. The first-order valence-corrected chi connectivity index (χ1v) is 9.16. The van der Waals surface area contributed by atoms with E-state index in [1.165, 1.54) is 12.1 Å². The number of guanidine groups is 1. The van der Waals surface area contributed by atoms with Gasteiger partial charge < -0.3 is 15.4 Å². The highest BCUT2D eigenvalue weighted by atomic mass is 35.5. The molecule has 1 unspecified atom stereocenters. The van der Waals surface area contributed by atoms with Crippen LogP contribution in [0.5, 0.6) is 0 Å². The molecule has 23 heavy (non-hydrogen) atoms. The zero-order valence-electron chi connectivity index (χ0n) is 12.9. The monoisotopic (exact) mass is 360 g/mol. The van der Waals surface area contributed by atoms with Gasteiger partial charge in [0, 0.05) is 24.7 Å². The smallest absolute Gasteiger partial charge is 0.240 e. The fraction of sp³-hybridized carbons (Fsp3) is 0.500. The molecular formula is C14H21ClN4O3S. The average molecular weight is 361 g/mol. The number of hydrogen-bond acceptors (Lipinski definition) is 4. The predicted molar refractivity (Wildman–Crippen MR) is 90.1 cm³/mol. The van der Waals surface area contributed by atoms with E-state index in [-0.39, 0.29) is 24.1 Å². The lowest BCUT2D eigenvalue weighted by atomic mass is 10.3. The molecule has 1 atom stereocenters. The Balaban J connectivity index is 1.85. The molecule has 1 aliphatic heterocycles. The Morgan fingerprint density at radius 2 is 2.35 bits per heavy atom. The summed E-state index contributed by atoms with van der Waals surface area (Å²) >= 11 is 5.81. The van der Waals surface area contributed by atoms with Gasteiger partial charge in [-0.25, -0.2) is 13.1 Å². The maximum atomic E-state index is 12.1. The van der Waals surface area contributed by atoms with Gasteiger partial charge in [-0.3, -0.25) is 4.99 Å². The van der Waals surface area contributed by atoms with Gasteiger partial charge in [-0.1, -0.05) is 17.7 Å². The second-order valence-electron chi connectivity index (χ2n) is 5.22. The first-order valence-electron chi connectivity index (χ1n) is 7.30. The SMILES string of the molecule is CC1CN(C(N)=NCCNS(=O)(=O)c2cccc(Cl)c2)CCO1. The van der Waals surface area contributed by atoms with E-state index in [1.54, 1.807) is 12.1 Å². The quantitative estimate of drug-likeness (QED) is 0.456. The van der Waals surface area contributed by atoms with Crippen LogP contribution >= 0.6 is 11.6 Å². The summed E-state index contributed by atoms with van der Waals surface area (Å²) in [5, 5.41) is 0.372. The van der Waals surface area contributed by atoms with E-state index in [0.29, 0.717) is 30.7 Å². The molecule has 1 fully saturated rings. The van der Waals surface area contributed by atoms with Gasteiger partial charge in [0.05, 0.1) is 24.2 Å². The summed E-state index contributed by atoms with van der Waals surface area (Å²) in [5.74, 6) is 0.405. The number of rotatable bonds is 5. The molecule has 1 aromatic rings. The van der Waals surface area contributed by atoms with Crippen molar-refractivity contribution < 1.29 is 13.2 Å². The number of sulfonamides is 1. The van der Waals surface area contributed by atoms with Crippen molar-refractivity contribution in [1.82, 2.24) is 9.62 Å². The Morgan fingerprint density at radius 1 is 1.57 bits per heavy atom. The highest BCUT2D eigenvalue weighted by molar-refractivity contribution is 7.89. The molecule has 2 rings (SSSR count). The van der Waals surface area contributed by atoms with Crippen LogP contribution in [0.2, 0.25) is 5.02 Å². The van der Waals surface area contributed by atoms with Crippen molar-refractivity contribution in [1.29, 1.82) is 0 Å². The molecule has 7 nitrogen and oxygen atoms in total. The molecule has 128 valence electrons. The van der Waals surface area contributed by atoms with Crippen LogP contribution in [0.4, 0.5) is 0 Å². The van der Waals surface area contributed by atoms with Crippen LogP contribution in [0.15, 0.2) is 34.2 Å². The summed E-state index contributed by atoms with van der Waals surface area (Å²) in [7, 11) is -3.59. The predicted octanol–water partition coefficient (Wildman–Crippen LogP) is 0.654. The fourth-order valence-electron chi connectivity index (χ4n) is 2.19. The number of aliphatic imine (C=N–C) groups is 1. The molecule has 0 spiro atoms. The molecule has 9 heteroatoms. The minimum absolute atomic E-state index is 0.110. The van der Waals surface area contributed by atoms with Crippen LogP contribution in [0, 0.1) is 0 Å². The van der Waals surface area contributed by atoms with Crippen LogP contribution in [0.1, 0.15) is 6.92 Å². The van der Waals surface area contributed by atoms with E-state index in [4.69, 9.17) is 22.1 Å². The van der Waals surface area contributed by atoms with Crippen molar-refractivity contribution in [3.8, 4) is 0 Å². The van der Waals surface area contributed by atoms with E-state index < -0.39 is 10.0 Å². The summed E-state index contributed by atoms with van der Waals surface area (Å²) in [5.41, 5.74) is 5.92. The Hall–Kier alpha value is -1.35. The Labute approximate surface area is 141 Å². The van der Waals surface area contributed by atoms with E-state index in [0.717, 1.165) is 0 Å². The van der Waals surface area contributed by atoms with Gasteiger partial charge in [-0.15, -0.1) is 0 Å². The number of nitrogens with one attached hydrogen (secondary N) is 1. The molecule has 3 N–H and O–H groups in total. The van der Waals surface area contributed by atoms with Crippen molar-refractivity contribution in [2.24, 2.45) is 10.7 Å². The lowest BCUT2D eigenvalue weighted by Crippen LogP contribution is -2.48. The molecule has 1 aromatic carbocycles. The average Bonchev–Trinajstić information content (AvgIpc) is 2.51. The van der Waals surface area contributed by atoms with Crippen LogP contribution in [-0.4, -0.2) is 58.2 Å². The third kappa shape index (κ3) is 5.35. The molecule has 1 saturated heterocycles. The van der Waals surface area contributed by atoms with E-state index >= 15 is 0 Å². The first kappa shape index (κ1) is 18.0. The van der Waals surface area contributed by atoms with Crippen molar-refractivity contribution in [2.75, 3.05) is 32.8 Å². The number of nitrogens with two attached hydrogens (primary N) is 1. The second kappa shape index (κ2) is 7.96. The topological polar surface area (TPSA) is 97.0 Å². The Kier molecular flexibility index (Phi) is 6.23. The summed E-state index contributed by atoms with van der Waals surface area (Å²) in [4.78, 5) is 6.27. The number of halogens is 1. The number of ether oxygens (including phenoxy) is 1. The highest BCUT2D eigenvalue weighted by Crippen LogP contribution is 2.14. The van der Waals surface area contributed by atoms with Gasteiger partial charge in [0.15, 0.2) is 5.96 Å². The molecule has 0 saturated carbocycles. The van der Waals surface area contributed by atoms with Crippen LogP contribution in [-0.2, 0) is 14.8 Å². The van der Waals surface area contributed by atoms with Gasteiger partial charge in [0.1, 0.15) is 0 Å². The molecule has 0 amide bonds. The minimum Gasteiger partial charge on any atom is -0.375 e. The van der Waals surface area contributed by atoms with Crippen molar-refractivity contribution >= 4 is 27.6 Å². The number of hydrogen-bond donors (Lipinski definition) is 2. The van der Waals surface area contributed by atoms with Gasteiger partial charge in [0.2, 0.25) is 10.0 Å². The molecule has 1 aliphatic rings. The van der Waals surface area contributed by atoms with Gasteiger partial charge >= 0.3 is 0 Å². The van der Waals surface area contributed by atoms with E-state index in [1.807, 2.05) is 11.8 Å². The van der Waals surface area contributed by atoms with Crippen LogP contribution < -0.4 is 10.5 Å². The van der Waals surface area contributed by atoms with Gasteiger partial charge in [-0.05, 0) is 25.1 Å². The van der Waals surface area contributed by atoms with Gasteiger partial charge in [-0.2, -0.15) is 0 Å². The number of morpholine rings is 1. The zero-order chi connectivity index (χ0) is 16.9. The lowest BCUT2D eigenvalue weighted by molar-refractivity contribution is 0.00530. The summed E-state index contributed by atoms with van der Waals surface area (Å²) < 4.78 is 32.1. The minimum atomic E-state index is -3.59. The molecule has 0 aromatic heterocycles. The van der Waals surface area contributed by atoms with Crippen molar-refractivity contribution in [3.05, 3.63) is 29.3 Å². The summed E-state index contributed by atoms with van der Waals surface area (Å²) in [6, 6.07) is 6.10. The lowest BCUT2D eigenvalue weighted by Gasteiger charge is -2.31. The highest BCUT2D eigenvalue weighted by Gasteiger charge is 2.18. The first-order chi connectivity index (χ1) is 10.9. The molecule has 0 aliphatic carbocycles. The third-order valence-electron chi connectivity index (χ3n) is 3.35. The molecule has 0 radical (unpaired) electrons. The zero-order valence-corrected chi connectivity index (χ0v) is 14.5. The van der Waals surface area contributed by atoms with Crippen molar-refractivity contribution in [2.45, 2.75) is 17.9 Å². The standard InChI is InChI=1S/C14H21ClN4O3S/c1-11-10-19(7-8-22-11)14(16)17-5-6-18-23(20,21)13-4-2-3-12(15)9-13/h2-4,9,11,18H,5-8,10H2,1H3,(H2,16,17). The number of benzene rings is 1. The third-order valence-corrected chi connectivity index (χ3v) is 5.04. The maximum absolute atomic E-state index is 12.1. The largest absolute Gasteiger partial charge is 0.375 e. The summed E-state index contributed by atoms with van der Waals surface area (Å²) in [6.45, 7) is 4.38. The molecule has 1 heterocycles. The molecule has 0 bridgehead atoms. The van der Waals surface area contributed by atoms with Crippen LogP contribution in [0.25, 0.3) is 0 Å². The number of nitrogens with zero attached hydrogens (tertiary/aromatic N) is 2. The normalized spacial score (nSPS) is 19.8. The van der Waals surface area contributed by atoms with Gasteiger partial charge in [0.25, 0.3) is 0 Å². The second-order valence-corrected chi connectivity index (χ2v) is 7.43. The van der Waals surface area contributed by atoms with E-state index in [2.05, 4.69) is 9.71 Å². The molecular weight excluding hydrogens is 340 g/mol. The van der Waals surface area contributed by atoms with Crippen molar-refractivity contribution in [3.63, 3.8) is 0 Å². The summed E-state index contributed by atoms with van der Waals surface area (Å²) in [6.07, 6.45) is 0.110. The fourth-order valence-corrected chi connectivity index (χ4v) is 3.52.